The van der Waals surface area contributed by atoms with Gasteiger partial charge in [0.2, 0.25) is 0 Å². The van der Waals surface area contributed by atoms with Gasteiger partial charge >= 0.3 is 0 Å². The van der Waals surface area contributed by atoms with E-state index in [4.69, 9.17) is 15.2 Å². The van der Waals surface area contributed by atoms with E-state index in [1.165, 1.54) is 18.5 Å². The second kappa shape index (κ2) is 7.58. The van der Waals surface area contributed by atoms with Crippen LogP contribution >= 0.6 is 0 Å². The van der Waals surface area contributed by atoms with Gasteiger partial charge in [0, 0.05) is 24.7 Å². The molecule has 2 fully saturated rings. The molecular formula is C22H28N2O2. The Bertz CT molecular complexity index is 708. The van der Waals surface area contributed by atoms with Gasteiger partial charge in [0.25, 0.3) is 0 Å². The van der Waals surface area contributed by atoms with Gasteiger partial charge in [0.1, 0.15) is 17.6 Å². The summed E-state index contributed by atoms with van der Waals surface area (Å²) in [5.74, 6) is 2.68. The van der Waals surface area contributed by atoms with Crippen molar-refractivity contribution in [2.75, 3.05) is 24.6 Å². The Hall–Kier alpha value is -2.20. The molecule has 2 N–H and O–H groups in total. The minimum absolute atomic E-state index is 0.0576. The van der Waals surface area contributed by atoms with E-state index >= 15 is 0 Å². The molecular weight excluding hydrogens is 324 g/mol. The van der Waals surface area contributed by atoms with E-state index < -0.39 is 0 Å². The predicted molar refractivity (Wildman–Crippen MR) is 105 cm³/mol. The third kappa shape index (κ3) is 4.31. The summed E-state index contributed by atoms with van der Waals surface area (Å²) in [7, 11) is 0. The summed E-state index contributed by atoms with van der Waals surface area (Å²) in [6.45, 7) is 4.79. The summed E-state index contributed by atoms with van der Waals surface area (Å²) >= 11 is 0. The summed E-state index contributed by atoms with van der Waals surface area (Å²) in [6.07, 6.45) is 3.90. The van der Waals surface area contributed by atoms with Crippen LogP contribution in [-0.2, 0) is 0 Å². The zero-order valence-electron chi connectivity index (χ0n) is 15.4. The van der Waals surface area contributed by atoms with Crippen LogP contribution in [0.2, 0.25) is 0 Å². The van der Waals surface area contributed by atoms with Crippen molar-refractivity contribution < 1.29 is 9.47 Å². The van der Waals surface area contributed by atoms with Gasteiger partial charge in [-0.1, -0.05) is 12.1 Å². The van der Waals surface area contributed by atoms with E-state index in [1.54, 1.807) is 0 Å². The van der Waals surface area contributed by atoms with Crippen molar-refractivity contribution in [2.24, 2.45) is 11.7 Å². The van der Waals surface area contributed by atoms with Gasteiger partial charge in [-0.2, -0.15) is 0 Å². The fourth-order valence-electron chi connectivity index (χ4n) is 3.35. The summed E-state index contributed by atoms with van der Waals surface area (Å²) in [5.41, 5.74) is 8.27. The van der Waals surface area contributed by atoms with Crippen molar-refractivity contribution in [1.29, 1.82) is 0 Å². The highest BCUT2D eigenvalue weighted by molar-refractivity contribution is 5.50. The minimum Gasteiger partial charge on any atom is -0.493 e. The smallest absolute Gasteiger partial charge is 0.119 e. The number of nitrogens with zero attached hydrogens (tertiary/aromatic N) is 1. The van der Waals surface area contributed by atoms with Gasteiger partial charge in [0.05, 0.1) is 13.2 Å². The van der Waals surface area contributed by atoms with E-state index in [-0.39, 0.29) is 12.1 Å². The molecule has 1 heterocycles. The van der Waals surface area contributed by atoms with E-state index in [1.807, 2.05) is 31.2 Å². The maximum Gasteiger partial charge on any atom is 0.119 e. The second-order valence-electron chi connectivity index (χ2n) is 7.58. The fourth-order valence-corrected chi connectivity index (χ4v) is 3.35. The van der Waals surface area contributed by atoms with Crippen molar-refractivity contribution in [1.82, 2.24) is 0 Å². The lowest BCUT2D eigenvalue weighted by Crippen LogP contribution is -2.24. The van der Waals surface area contributed by atoms with E-state index in [2.05, 4.69) is 29.2 Å². The highest BCUT2D eigenvalue weighted by Crippen LogP contribution is 2.30. The molecule has 2 atom stereocenters. The molecule has 138 valence electrons. The lowest BCUT2D eigenvalue weighted by atomic mass is 10.1. The molecule has 2 aromatic carbocycles. The molecule has 0 amide bonds. The zero-order chi connectivity index (χ0) is 17.9. The maximum atomic E-state index is 6.15. The Morgan fingerprint density at radius 1 is 1.00 bits per heavy atom. The molecule has 2 aromatic rings. The first-order chi connectivity index (χ1) is 12.7. The van der Waals surface area contributed by atoms with E-state index in [0.29, 0.717) is 0 Å². The van der Waals surface area contributed by atoms with Crippen LogP contribution in [0.5, 0.6) is 11.5 Å². The standard InChI is InChI=1S/C22H28N2O2/c1-16(23)18-4-8-21(9-5-18)26-22-12-13-24(14-22)19-6-10-20(11-7-19)25-15-17-2-3-17/h4-11,16-17,22H,2-3,12-15,23H2,1H3/t16-,22+/m0/s1. The molecule has 0 radical (unpaired) electrons. The van der Waals surface area contributed by atoms with Crippen LogP contribution in [0.1, 0.15) is 37.8 Å². The summed E-state index contributed by atoms with van der Waals surface area (Å²) < 4.78 is 12.0. The lowest BCUT2D eigenvalue weighted by Gasteiger charge is -2.19. The van der Waals surface area contributed by atoms with Gasteiger partial charge in [-0.25, -0.2) is 0 Å². The molecule has 26 heavy (non-hydrogen) atoms. The fraction of sp³-hybridized carbons (Fsp3) is 0.455. The van der Waals surface area contributed by atoms with Crippen LogP contribution in [-0.4, -0.2) is 25.8 Å². The van der Waals surface area contributed by atoms with Crippen molar-refractivity contribution in [2.45, 2.75) is 38.3 Å². The number of benzene rings is 2. The van der Waals surface area contributed by atoms with Crippen molar-refractivity contribution >= 4 is 5.69 Å². The Morgan fingerprint density at radius 3 is 2.35 bits per heavy atom. The molecule has 1 saturated heterocycles. The molecule has 2 aliphatic rings. The first kappa shape index (κ1) is 17.2. The number of anilines is 1. The maximum absolute atomic E-state index is 6.15. The Labute approximate surface area is 155 Å². The van der Waals surface area contributed by atoms with Crippen LogP contribution < -0.4 is 20.1 Å². The van der Waals surface area contributed by atoms with Crippen LogP contribution in [0.3, 0.4) is 0 Å². The number of rotatable bonds is 7. The topological polar surface area (TPSA) is 47.7 Å². The van der Waals surface area contributed by atoms with Gasteiger partial charge in [-0.15, -0.1) is 0 Å². The summed E-state index contributed by atoms with van der Waals surface area (Å²) in [6, 6.07) is 16.7. The number of hydrogen-bond acceptors (Lipinski definition) is 4. The Kier molecular flexibility index (Phi) is 5.02. The third-order valence-electron chi connectivity index (χ3n) is 5.24. The van der Waals surface area contributed by atoms with Crippen LogP contribution in [0, 0.1) is 5.92 Å². The first-order valence-corrected chi connectivity index (χ1v) is 9.67. The molecule has 4 rings (SSSR count). The van der Waals surface area contributed by atoms with E-state index in [0.717, 1.165) is 49.1 Å². The lowest BCUT2D eigenvalue weighted by molar-refractivity contribution is 0.225. The Morgan fingerprint density at radius 2 is 1.69 bits per heavy atom. The van der Waals surface area contributed by atoms with Crippen LogP contribution in [0.4, 0.5) is 5.69 Å². The normalized spacial score (nSPS) is 20.8. The Balaban J connectivity index is 1.29. The highest BCUT2D eigenvalue weighted by atomic mass is 16.5. The first-order valence-electron chi connectivity index (χ1n) is 9.67. The third-order valence-corrected chi connectivity index (χ3v) is 5.24. The number of ether oxygens (including phenoxy) is 2. The number of hydrogen-bond donors (Lipinski definition) is 1. The summed E-state index contributed by atoms with van der Waals surface area (Å²) in [4.78, 5) is 2.38. The molecule has 4 nitrogen and oxygen atoms in total. The van der Waals surface area contributed by atoms with Gasteiger partial charge in [-0.3, -0.25) is 0 Å². The monoisotopic (exact) mass is 352 g/mol. The molecule has 0 spiro atoms. The van der Waals surface area contributed by atoms with Gasteiger partial charge in [0.15, 0.2) is 0 Å². The average Bonchev–Trinajstić information content (AvgIpc) is 3.38. The van der Waals surface area contributed by atoms with E-state index in [9.17, 15) is 0 Å². The van der Waals surface area contributed by atoms with Crippen molar-refractivity contribution in [3.05, 3.63) is 54.1 Å². The molecule has 1 aliphatic heterocycles. The van der Waals surface area contributed by atoms with Crippen LogP contribution in [0.15, 0.2) is 48.5 Å². The highest BCUT2D eigenvalue weighted by Gasteiger charge is 2.25. The quantitative estimate of drug-likeness (QED) is 0.813. The largest absolute Gasteiger partial charge is 0.493 e. The molecule has 0 unspecified atom stereocenters. The van der Waals surface area contributed by atoms with Crippen molar-refractivity contribution in [3.63, 3.8) is 0 Å². The summed E-state index contributed by atoms with van der Waals surface area (Å²) in [5, 5.41) is 0. The molecule has 0 bridgehead atoms. The SMILES string of the molecule is C[C@H](N)c1ccc(O[C@@H]2CCN(c3ccc(OCC4CC4)cc3)C2)cc1. The zero-order valence-corrected chi connectivity index (χ0v) is 15.4. The van der Waals surface area contributed by atoms with Gasteiger partial charge in [-0.05, 0) is 67.6 Å². The predicted octanol–water partition coefficient (Wildman–Crippen LogP) is 4.15. The molecule has 1 saturated carbocycles. The minimum atomic E-state index is 0.0576. The van der Waals surface area contributed by atoms with Crippen LogP contribution in [0.25, 0.3) is 0 Å². The average molecular weight is 352 g/mol. The molecule has 0 aromatic heterocycles. The number of nitrogens with two attached hydrogens (primary N) is 1. The molecule has 1 aliphatic carbocycles. The second-order valence-corrected chi connectivity index (χ2v) is 7.58. The molecule has 4 heteroatoms. The van der Waals surface area contributed by atoms with Crippen molar-refractivity contribution in [3.8, 4) is 11.5 Å². The van der Waals surface area contributed by atoms with Gasteiger partial charge < -0.3 is 20.1 Å².